The van der Waals surface area contributed by atoms with Gasteiger partial charge in [0.1, 0.15) is 5.82 Å². The predicted octanol–water partition coefficient (Wildman–Crippen LogP) is 2.93. The van der Waals surface area contributed by atoms with E-state index in [1.165, 1.54) is 5.56 Å². The van der Waals surface area contributed by atoms with Gasteiger partial charge < -0.3 is 11.1 Å². The second-order valence-corrected chi connectivity index (χ2v) is 4.80. The van der Waals surface area contributed by atoms with Crippen LogP contribution in [0.2, 0.25) is 0 Å². The van der Waals surface area contributed by atoms with E-state index in [1.807, 2.05) is 24.4 Å². The number of nitrogens with zero attached hydrogens (tertiary/aromatic N) is 2. The number of hydrogen-bond acceptors (Lipinski definition) is 4. The van der Waals surface area contributed by atoms with Crippen LogP contribution in [-0.2, 0) is 0 Å². The van der Waals surface area contributed by atoms with E-state index in [-0.39, 0.29) is 12.4 Å². The molecule has 0 spiro atoms. The molecule has 2 aromatic rings. The van der Waals surface area contributed by atoms with Gasteiger partial charge in [-0.2, -0.15) is 5.26 Å². The van der Waals surface area contributed by atoms with Gasteiger partial charge in [-0.25, -0.2) is 4.98 Å². The molecule has 1 aliphatic rings. The fraction of sp³-hybridized carbons (Fsp3) is 0.200. The minimum absolute atomic E-state index is 0. The summed E-state index contributed by atoms with van der Waals surface area (Å²) in [6.07, 6.45) is 2.94. The van der Waals surface area contributed by atoms with Gasteiger partial charge in [-0.15, -0.1) is 12.4 Å². The molecule has 1 aliphatic carbocycles. The average molecular weight is 287 g/mol. The Hall–Kier alpha value is -2.09. The molecule has 5 heteroatoms. The van der Waals surface area contributed by atoms with Crippen LogP contribution < -0.4 is 11.1 Å². The quantitative estimate of drug-likeness (QED) is 0.910. The van der Waals surface area contributed by atoms with Gasteiger partial charge in [-0.3, -0.25) is 0 Å². The Labute approximate surface area is 124 Å². The Morgan fingerprint density at radius 3 is 2.40 bits per heavy atom. The summed E-state index contributed by atoms with van der Waals surface area (Å²) in [6.45, 7) is 0. The monoisotopic (exact) mass is 286 g/mol. The van der Waals surface area contributed by atoms with Crippen molar-refractivity contribution in [2.24, 2.45) is 5.73 Å². The van der Waals surface area contributed by atoms with Crippen molar-refractivity contribution in [2.75, 3.05) is 5.32 Å². The Bertz CT molecular complexity index is 616. The zero-order valence-corrected chi connectivity index (χ0v) is 11.6. The molecule has 1 fully saturated rings. The molecule has 102 valence electrons. The van der Waals surface area contributed by atoms with E-state index in [1.54, 1.807) is 12.1 Å². The first kappa shape index (κ1) is 14.3. The normalized spacial score (nSPS) is 19.6. The third kappa shape index (κ3) is 3.08. The van der Waals surface area contributed by atoms with E-state index in [2.05, 4.69) is 22.4 Å². The smallest absolute Gasteiger partial charge is 0.130 e. The van der Waals surface area contributed by atoms with Crippen LogP contribution in [0.1, 0.15) is 23.5 Å². The van der Waals surface area contributed by atoms with Gasteiger partial charge in [-0.05, 0) is 42.3 Å². The van der Waals surface area contributed by atoms with Crippen molar-refractivity contribution in [1.29, 1.82) is 5.26 Å². The predicted molar refractivity (Wildman–Crippen MR) is 81.3 cm³/mol. The van der Waals surface area contributed by atoms with Gasteiger partial charge in [0.05, 0.1) is 11.6 Å². The minimum Gasteiger partial charge on any atom is -0.340 e. The SMILES string of the molecule is Cl.N#Cc1ccc(Nc2ccc([C@@H]3C[C@H]3N)cn2)cc1. The van der Waals surface area contributed by atoms with Crippen LogP contribution in [0.5, 0.6) is 0 Å². The summed E-state index contributed by atoms with van der Waals surface area (Å²) in [5.41, 5.74) is 8.59. The van der Waals surface area contributed by atoms with E-state index in [4.69, 9.17) is 11.0 Å². The first-order valence-corrected chi connectivity index (χ1v) is 6.25. The van der Waals surface area contributed by atoms with Crippen molar-refractivity contribution >= 4 is 23.9 Å². The van der Waals surface area contributed by atoms with Crippen molar-refractivity contribution < 1.29 is 0 Å². The molecule has 0 saturated heterocycles. The first-order valence-electron chi connectivity index (χ1n) is 6.25. The molecule has 0 radical (unpaired) electrons. The number of nitrogens with one attached hydrogen (secondary N) is 1. The van der Waals surface area contributed by atoms with Crippen LogP contribution in [-0.4, -0.2) is 11.0 Å². The second kappa shape index (κ2) is 5.91. The first-order chi connectivity index (χ1) is 9.26. The molecule has 0 aliphatic heterocycles. The van der Waals surface area contributed by atoms with E-state index < -0.39 is 0 Å². The molecule has 1 saturated carbocycles. The number of nitrogens with two attached hydrogens (primary N) is 1. The summed E-state index contributed by atoms with van der Waals surface area (Å²) in [5, 5.41) is 11.9. The Balaban J connectivity index is 0.00000147. The standard InChI is InChI=1S/C15H14N4.ClH/c16-8-10-1-4-12(5-2-10)19-15-6-3-11(9-18-15)13-7-14(13)17;/h1-6,9,13-14H,7,17H2,(H,18,19);1H/t13-,14+;/m0./s1. The Morgan fingerprint density at radius 1 is 1.20 bits per heavy atom. The van der Waals surface area contributed by atoms with Crippen molar-refractivity contribution in [2.45, 2.75) is 18.4 Å². The Morgan fingerprint density at radius 2 is 1.90 bits per heavy atom. The maximum absolute atomic E-state index is 8.74. The molecule has 1 aromatic heterocycles. The maximum Gasteiger partial charge on any atom is 0.130 e. The van der Waals surface area contributed by atoms with Gasteiger partial charge in [0.2, 0.25) is 0 Å². The van der Waals surface area contributed by atoms with Crippen molar-refractivity contribution in [1.82, 2.24) is 4.98 Å². The van der Waals surface area contributed by atoms with Crippen molar-refractivity contribution in [3.8, 4) is 6.07 Å². The van der Waals surface area contributed by atoms with E-state index in [9.17, 15) is 0 Å². The van der Waals surface area contributed by atoms with Gasteiger partial charge in [0, 0.05) is 23.8 Å². The lowest BCUT2D eigenvalue weighted by molar-refractivity contribution is 0.981. The summed E-state index contributed by atoms with van der Waals surface area (Å²) in [4.78, 5) is 4.38. The zero-order valence-electron chi connectivity index (χ0n) is 10.8. The molecule has 3 rings (SSSR count). The number of aromatic nitrogens is 1. The fourth-order valence-electron chi connectivity index (χ4n) is 2.07. The largest absolute Gasteiger partial charge is 0.340 e. The van der Waals surface area contributed by atoms with Crippen molar-refractivity contribution in [3.63, 3.8) is 0 Å². The molecule has 0 amide bonds. The highest BCUT2D eigenvalue weighted by atomic mass is 35.5. The number of hydrogen-bond donors (Lipinski definition) is 2. The van der Waals surface area contributed by atoms with E-state index >= 15 is 0 Å². The van der Waals surface area contributed by atoms with E-state index in [0.717, 1.165) is 17.9 Å². The molecule has 0 unspecified atom stereocenters. The molecular formula is C15H15ClN4. The summed E-state index contributed by atoms with van der Waals surface area (Å²) in [7, 11) is 0. The summed E-state index contributed by atoms with van der Waals surface area (Å²) >= 11 is 0. The summed E-state index contributed by atoms with van der Waals surface area (Å²) in [6, 6.07) is 13.7. The minimum atomic E-state index is 0. The van der Waals surface area contributed by atoms with Gasteiger partial charge in [0.25, 0.3) is 0 Å². The number of rotatable bonds is 3. The van der Waals surface area contributed by atoms with Crippen LogP contribution in [0.3, 0.4) is 0 Å². The lowest BCUT2D eigenvalue weighted by atomic mass is 10.2. The third-order valence-corrected chi connectivity index (χ3v) is 3.34. The molecule has 4 nitrogen and oxygen atoms in total. The molecule has 0 bridgehead atoms. The van der Waals surface area contributed by atoms with Crippen LogP contribution in [0.15, 0.2) is 42.6 Å². The molecule has 2 atom stereocenters. The average Bonchev–Trinajstić information content (AvgIpc) is 3.18. The summed E-state index contributed by atoms with van der Waals surface area (Å²) in [5.74, 6) is 1.28. The highest BCUT2D eigenvalue weighted by Gasteiger charge is 2.34. The van der Waals surface area contributed by atoms with Gasteiger partial charge >= 0.3 is 0 Å². The number of benzene rings is 1. The molecule has 1 aromatic carbocycles. The summed E-state index contributed by atoms with van der Waals surface area (Å²) < 4.78 is 0. The molecular weight excluding hydrogens is 272 g/mol. The van der Waals surface area contributed by atoms with Gasteiger partial charge in [-0.1, -0.05) is 6.07 Å². The van der Waals surface area contributed by atoms with Crippen LogP contribution >= 0.6 is 12.4 Å². The van der Waals surface area contributed by atoms with Gasteiger partial charge in [0.15, 0.2) is 0 Å². The second-order valence-electron chi connectivity index (χ2n) is 4.80. The number of halogens is 1. The topological polar surface area (TPSA) is 74.7 Å². The molecule has 1 heterocycles. The highest BCUT2D eigenvalue weighted by Crippen LogP contribution is 2.38. The molecule has 20 heavy (non-hydrogen) atoms. The lowest BCUT2D eigenvalue weighted by Crippen LogP contribution is -2.01. The zero-order chi connectivity index (χ0) is 13.2. The lowest BCUT2D eigenvalue weighted by Gasteiger charge is -2.06. The van der Waals surface area contributed by atoms with Crippen molar-refractivity contribution in [3.05, 3.63) is 53.7 Å². The maximum atomic E-state index is 8.74. The highest BCUT2D eigenvalue weighted by molar-refractivity contribution is 5.85. The fourth-order valence-corrected chi connectivity index (χ4v) is 2.07. The Kier molecular flexibility index (Phi) is 4.23. The molecule has 3 N–H and O–H groups in total. The van der Waals surface area contributed by atoms with Crippen LogP contribution in [0.4, 0.5) is 11.5 Å². The number of pyridine rings is 1. The van der Waals surface area contributed by atoms with E-state index in [0.29, 0.717) is 17.5 Å². The van der Waals surface area contributed by atoms with Crippen LogP contribution in [0.25, 0.3) is 0 Å². The van der Waals surface area contributed by atoms with Crippen LogP contribution in [0, 0.1) is 11.3 Å². The number of anilines is 2. The third-order valence-electron chi connectivity index (χ3n) is 3.34. The number of nitriles is 1.